The molecule has 1 saturated heterocycles. The highest BCUT2D eigenvalue weighted by molar-refractivity contribution is 6.13. The van der Waals surface area contributed by atoms with Gasteiger partial charge in [-0.15, -0.1) is 0 Å². The SMILES string of the molecule is O=C1C2C=CC1C1C(=O)NC(=O)C21. The summed E-state index contributed by atoms with van der Waals surface area (Å²) in [5, 5.41) is 2.27. The zero-order valence-corrected chi connectivity index (χ0v) is 6.69. The van der Waals surface area contributed by atoms with Crippen molar-refractivity contribution >= 4 is 17.6 Å². The summed E-state index contributed by atoms with van der Waals surface area (Å²) < 4.78 is 0. The molecule has 4 atom stereocenters. The number of amides is 2. The molecule has 2 amide bonds. The van der Waals surface area contributed by atoms with Gasteiger partial charge in [0.15, 0.2) is 0 Å². The van der Waals surface area contributed by atoms with Gasteiger partial charge in [-0.25, -0.2) is 0 Å². The highest BCUT2D eigenvalue weighted by atomic mass is 16.2. The van der Waals surface area contributed by atoms with Gasteiger partial charge in [-0.2, -0.15) is 0 Å². The van der Waals surface area contributed by atoms with Gasteiger partial charge in [-0.1, -0.05) is 12.2 Å². The third-order valence-electron chi connectivity index (χ3n) is 3.20. The summed E-state index contributed by atoms with van der Waals surface area (Å²) in [5.41, 5.74) is 0. The number of hydrogen-bond donors (Lipinski definition) is 1. The minimum absolute atomic E-state index is 0.0400. The van der Waals surface area contributed by atoms with E-state index in [1.807, 2.05) is 0 Å². The van der Waals surface area contributed by atoms with Gasteiger partial charge in [0.1, 0.15) is 5.78 Å². The van der Waals surface area contributed by atoms with Crippen LogP contribution in [0.25, 0.3) is 0 Å². The Balaban J connectivity index is 2.14. The second-order valence-electron chi connectivity index (χ2n) is 3.74. The van der Waals surface area contributed by atoms with Crippen molar-refractivity contribution < 1.29 is 14.4 Å². The van der Waals surface area contributed by atoms with Crippen molar-refractivity contribution in [2.24, 2.45) is 23.7 Å². The first-order chi connectivity index (χ1) is 6.20. The van der Waals surface area contributed by atoms with Gasteiger partial charge in [0, 0.05) is 11.8 Å². The first kappa shape index (κ1) is 7.00. The minimum atomic E-state index is -0.407. The number of nitrogens with one attached hydrogen (secondary N) is 1. The van der Waals surface area contributed by atoms with Crippen LogP contribution in [0.1, 0.15) is 0 Å². The maximum Gasteiger partial charge on any atom is 0.231 e. The minimum Gasteiger partial charge on any atom is -0.298 e. The van der Waals surface area contributed by atoms with Crippen LogP contribution in [0, 0.1) is 23.7 Å². The predicted octanol–water partition coefficient (Wildman–Crippen LogP) is -0.740. The van der Waals surface area contributed by atoms with Crippen molar-refractivity contribution in [3.63, 3.8) is 0 Å². The number of Topliss-reactive ketones (excluding diaryl/α,β-unsaturated/α-hetero) is 1. The number of carbonyl (C=O) groups is 3. The van der Waals surface area contributed by atoms with E-state index < -0.39 is 11.8 Å². The van der Waals surface area contributed by atoms with Crippen LogP contribution in [0.3, 0.4) is 0 Å². The fraction of sp³-hybridized carbons (Fsp3) is 0.444. The van der Waals surface area contributed by atoms with E-state index in [9.17, 15) is 14.4 Å². The van der Waals surface area contributed by atoms with Crippen molar-refractivity contribution in [1.82, 2.24) is 5.32 Å². The number of carbonyl (C=O) groups excluding carboxylic acids is 3. The Morgan fingerprint density at radius 2 is 1.38 bits per heavy atom. The standard InChI is InChI=1S/C9H7NO3/c11-7-3-1-2-4(7)6-5(3)8(12)10-9(6)13/h1-6H,(H,10,12,13). The molecule has 13 heavy (non-hydrogen) atoms. The summed E-state index contributed by atoms with van der Waals surface area (Å²) in [6.07, 6.45) is 3.51. The van der Waals surface area contributed by atoms with E-state index in [1.165, 1.54) is 0 Å². The van der Waals surface area contributed by atoms with Crippen LogP contribution < -0.4 is 5.32 Å². The lowest BCUT2D eigenvalue weighted by molar-refractivity contribution is -0.131. The van der Waals surface area contributed by atoms with E-state index in [0.717, 1.165) is 0 Å². The van der Waals surface area contributed by atoms with Gasteiger partial charge in [0.05, 0.1) is 11.8 Å². The fourth-order valence-corrected chi connectivity index (χ4v) is 2.63. The van der Waals surface area contributed by atoms with Crippen LogP contribution in [0.2, 0.25) is 0 Å². The molecule has 3 rings (SSSR count). The lowest BCUT2D eigenvalue weighted by Crippen LogP contribution is -2.27. The lowest BCUT2D eigenvalue weighted by Gasteiger charge is -2.12. The van der Waals surface area contributed by atoms with Gasteiger partial charge in [-0.3, -0.25) is 19.7 Å². The van der Waals surface area contributed by atoms with Crippen LogP contribution in [0.5, 0.6) is 0 Å². The topological polar surface area (TPSA) is 63.2 Å². The molecule has 3 aliphatic rings. The second kappa shape index (κ2) is 1.89. The van der Waals surface area contributed by atoms with Gasteiger partial charge in [-0.05, 0) is 0 Å². The molecular weight excluding hydrogens is 170 g/mol. The Morgan fingerprint density at radius 3 is 1.85 bits per heavy atom. The molecule has 0 aromatic rings. The summed E-state index contributed by atoms with van der Waals surface area (Å²) >= 11 is 0. The van der Waals surface area contributed by atoms with Crippen LogP contribution in [-0.4, -0.2) is 17.6 Å². The molecular formula is C9H7NO3. The number of rotatable bonds is 0. The summed E-state index contributed by atoms with van der Waals surface area (Å²) in [7, 11) is 0. The molecule has 1 heterocycles. The zero-order valence-electron chi connectivity index (χ0n) is 6.69. The largest absolute Gasteiger partial charge is 0.298 e. The van der Waals surface area contributed by atoms with Crippen LogP contribution in [-0.2, 0) is 14.4 Å². The lowest BCUT2D eigenvalue weighted by atomic mass is 9.85. The Labute approximate surface area is 74.0 Å². The quantitative estimate of drug-likeness (QED) is 0.391. The average Bonchev–Trinajstić information content (AvgIpc) is 2.67. The first-order valence-electron chi connectivity index (χ1n) is 4.27. The third-order valence-corrected chi connectivity index (χ3v) is 3.20. The number of imide groups is 1. The Bertz CT molecular complexity index is 339. The molecule has 4 unspecified atom stereocenters. The van der Waals surface area contributed by atoms with Gasteiger partial charge >= 0.3 is 0 Å². The van der Waals surface area contributed by atoms with E-state index in [4.69, 9.17) is 0 Å². The number of fused-ring (bicyclic) bond motifs is 5. The molecule has 0 aromatic heterocycles. The molecule has 0 radical (unpaired) electrons. The number of hydrogen-bond acceptors (Lipinski definition) is 3. The zero-order chi connectivity index (χ0) is 9.16. The molecule has 66 valence electrons. The van der Waals surface area contributed by atoms with E-state index >= 15 is 0 Å². The number of allylic oxidation sites excluding steroid dienone is 2. The molecule has 0 aromatic carbocycles. The number of ketones is 1. The van der Waals surface area contributed by atoms with E-state index in [0.29, 0.717) is 0 Å². The summed E-state index contributed by atoms with van der Waals surface area (Å²) in [6, 6.07) is 0. The molecule has 2 aliphatic carbocycles. The Morgan fingerprint density at radius 1 is 0.923 bits per heavy atom. The summed E-state index contributed by atoms with van der Waals surface area (Å²) in [4.78, 5) is 34.0. The summed E-state index contributed by atoms with van der Waals surface area (Å²) in [6.45, 7) is 0. The maximum absolute atomic E-state index is 11.5. The Kier molecular flexibility index (Phi) is 1.02. The highest BCUT2D eigenvalue weighted by Crippen LogP contribution is 2.47. The molecule has 4 nitrogen and oxygen atoms in total. The van der Waals surface area contributed by atoms with Crippen molar-refractivity contribution in [3.8, 4) is 0 Å². The molecule has 2 bridgehead atoms. The molecule has 1 N–H and O–H groups in total. The predicted molar refractivity (Wildman–Crippen MR) is 41.3 cm³/mol. The smallest absolute Gasteiger partial charge is 0.231 e. The molecule has 4 heteroatoms. The average molecular weight is 177 g/mol. The molecule has 1 aliphatic heterocycles. The normalized spacial score (nSPS) is 45.7. The second-order valence-corrected chi connectivity index (χ2v) is 3.74. The molecule has 2 fully saturated rings. The van der Waals surface area contributed by atoms with Gasteiger partial charge in [0.2, 0.25) is 11.8 Å². The maximum atomic E-state index is 11.5. The van der Waals surface area contributed by atoms with Crippen LogP contribution in [0.15, 0.2) is 12.2 Å². The summed E-state index contributed by atoms with van der Waals surface area (Å²) in [5.74, 6) is -1.99. The van der Waals surface area contributed by atoms with Crippen LogP contribution in [0.4, 0.5) is 0 Å². The van der Waals surface area contributed by atoms with Crippen LogP contribution >= 0.6 is 0 Å². The van der Waals surface area contributed by atoms with E-state index in [1.54, 1.807) is 12.2 Å². The first-order valence-corrected chi connectivity index (χ1v) is 4.27. The van der Waals surface area contributed by atoms with Crippen molar-refractivity contribution in [2.75, 3.05) is 0 Å². The van der Waals surface area contributed by atoms with Gasteiger partial charge < -0.3 is 0 Å². The van der Waals surface area contributed by atoms with Crippen molar-refractivity contribution in [2.45, 2.75) is 0 Å². The van der Waals surface area contributed by atoms with E-state index in [2.05, 4.69) is 5.32 Å². The monoisotopic (exact) mass is 177 g/mol. The third kappa shape index (κ3) is 0.610. The highest BCUT2D eigenvalue weighted by Gasteiger charge is 2.60. The fourth-order valence-electron chi connectivity index (χ4n) is 2.63. The van der Waals surface area contributed by atoms with Crippen molar-refractivity contribution in [1.29, 1.82) is 0 Å². The van der Waals surface area contributed by atoms with Gasteiger partial charge in [0.25, 0.3) is 0 Å². The molecule has 0 spiro atoms. The Hall–Kier alpha value is -1.45. The van der Waals surface area contributed by atoms with Crippen molar-refractivity contribution in [3.05, 3.63) is 12.2 Å². The molecule has 1 saturated carbocycles. The van der Waals surface area contributed by atoms with E-state index in [-0.39, 0.29) is 29.4 Å².